The second-order valence-corrected chi connectivity index (χ2v) is 3.80. The summed E-state index contributed by atoms with van der Waals surface area (Å²) >= 11 is 0. The van der Waals surface area contributed by atoms with Gasteiger partial charge in [-0.1, -0.05) is 30.3 Å². The first-order valence-corrected chi connectivity index (χ1v) is 5.46. The minimum atomic E-state index is -0.236. The Morgan fingerprint density at radius 3 is 2.65 bits per heavy atom. The molecule has 2 aromatic carbocycles. The molecule has 0 aliphatic heterocycles. The average molecular weight is 231 g/mol. The van der Waals surface area contributed by atoms with Crippen LogP contribution in [0.15, 0.2) is 48.5 Å². The second-order valence-electron chi connectivity index (χ2n) is 3.80. The Kier molecular flexibility index (Phi) is 3.73. The Bertz CT molecular complexity index is 499. The van der Waals surface area contributed by atoms with Gasteiger partial charge < -0.3 is 10.4 Å². The summed E-state index contributed by atoms with van der Waals surface area (Å²) in [7, 11) is 0. The predicted molar refractivity (Wildman–Crippen MR) is 66.1 cm³/mol. The first kappa shape index (κ1) is 11.6. The van der Waals surface area contributed by atoms with Crippen LogP contribution in [0.5, 0.6) is 0 Å². The molecule has 0 heterocycles. The van der Waals surface area contributed by atoms with Crippen LogP contribution in [0.25, 0.3) is 0 Å². The number of anilines is 1. The lowest BCUT2D eigenvalue weighted by molar-refractivity contribution is 0.282. The van der Waals surface area contributed by atoms with Gasteiger partial charge in [0.25, 0.3) is 0 Å². The molecular formula is C14H14FNO. The van der Waals surface area contributed by atoms with Gasteiger partial charge in [-0.05, 0) is 23.8 Å². The molecule has 0 spiro atoms. The smallest absolute Gasteiger partial charge is 0.123 e. The fourth-order valence-electron chi connectivity index (χ4n) is 1.67. The largest absolute Gasteiger partial charge is 0.392 e. The molecule has 3 heteroatoms. The van der Waals surface area contributed by atoms with Crippen LogP contribution in [-0.4, -0.2) is 5.11 Å². The summed E-state index contributed by atoms with van der Waals surface area (Å²) in [5.41, 5.74) is 2.58. The fraction of sp³-hybridized carbons (Fsp3) is 0.143. The summed E-state index contributed by atoms with van der Waals surface area (Å²) in [4.78, 5) is 0. The van der Waals surface area contributed by atoms with Crippen molar-refractivity contribution in [2.24, 2.45) is 0 Å². The van der Waals surface area contributed by atoms with Gasteiger partial charge in [0.2, 0.25) is 0 Å². The Morgan fingerprint density at radius 1 is 1.06 bits per heavy atom. The van der Waals surface area contributed by atoms with Crippen molar-refractivity contribution in [1.82, 2.24) is 0 Å². The van der Waals surface area contributed by atoms with E-state index in [0.29, 0.717) is 6.54 Å². The number of nitrogens with one attached hydrogen (secondary N) is 1. The van der Waals surface area contributed by atoms with Gasteiger partial charge in [-0.25, -0.2) is 4.39 Å². The zero-order valence-electron chi connectivity index (χ0n) is 9.36. The molecule has 0 amide bonds. The van der Waals surface area contributed by atoms with Crippen LogP contribution in [-0.2, 0) is 13.2 Å². The zero-order chi connectivity index (χ0) is 12.1. The maximum atomic E-state index is 13.0. The highest BCUT2D eigenvalue weighted by atomic mass is 19.1. The minimum absolute atomic E-state index is 0.00761. The zero-order valence-corrected chi connectivity index (χ0v) is 9.36. The van der Waals surface area contributed by atoms with Gasteiger partial charge in [0.05, 0.1) is 6.61 Å². The monoisotopic (exact) mass is 231 g/mol. The lowest BCUT2D eigenvalue weighted by atomic mass is 10.1. The highest BCUT2D eigenvalue weighted by Crippen LogP contribution is 2.16. The van der Waals surface area contributed by atoms with E-state index in [1.54, 1.807) is 6.07 Å². The van der Waals surface area contributed by atoms with E-state index in [1.807, 2.05) is 30.3 Å². The molecule has 0 atom stereocenters. The summed E-state index contributed by atoms with van der Waals surface area (Å²) in [6, 6.07) is 14.0. The molecule has 0 aliphatic carbocycles. The third-order valence-electron chi connectivity index (χ3n) is 2.56. The van der Waals surface area contributed by atoms with E-state index in [1.165, 1.54) is 12.1 Å². The van der Waals surface area contributed by atoms with Gasteiger partial charge in [0.15, 0.2) is 0 Å². The molecule has 0 fully saturated rings. The molecule has 88 valence electrons. The van der Waals surface area contributed by atoms with E-state index in [0.717, 1.165) is 16.8 Å². The molecule has 2 aromatic rings. The van der Waals surface area contributed by atoms with E-state index in [4.69, 9.17) is 5.11 Å². The van der Waals surface area contributed by atoms with Gasteiger partial charge in [-0.15, -0.1) is 0 Å². The predicted octanol–water partition coefficient (Wildman–Crippen LogP) is 2.93. The normalized spacial score (nSPS) is 10.2. The van der Waals surface area contributed by atoms with Crippen molar-refractivity contribution in [2.75, 3.05) is 5.32 Å². The van der Waals surface area contributed by atoms with Crippen LogP contribution >= 0.6 is 0 Å². The number of hydrogen-bond donors (Lipinski definition) is 2. The van der Waals surface area contributed by atoms with Crippen molar-refractivity contribution in [3.8, 4) is 0 Å². The molecule has 0 aliphatic rings. The molecule has 0 unspecified atom stereocenters. The lowest BCUT2D eigenvalue weighted by Gasteiger charge is -2.10. The molecule has 2 N–H and O–H groups in total. The average Bonchev–Trinajstić information content (AvgIpc) is 2.37. The summed E-state index contributed by atoms with van der Waals surface area (Å²) < 4.78 is 13.0. The van der Waals surface area contributed by atoms with Crippen LogP contribution in [0.3, 0.4) is 0 Å². The third-order valence-corrected chi connectivity index (χ3v) is 2.56. The molecule has 2 rings (SSSR count). The highest BCUT2D eigenvalue weighted by Gasteiger charge is 2.00. The van der Waals surface area contributed by atoms with Crippen LogP contribution in [0.4, 0.5) is 10.1 Å². The quantitative estimate of drug-likeness (QED) is 0.848. The van der Waals surface area contributed by atoms with Crippen molar-refractivity contribution in [2.45, 2.75) is 13.2 Å². The van der Waals surface area contributed by atoms with Crippen molar-refractivity contribution in [3.05, 3.63) is 65.5 Å². The van der Waals surface area contributed by atoms with Crippen molar-refractivity contribution < 1.29 is 9.50 Å². The van der Waals surface area contributed by atoms with Crippen molar-refractivity contribution in [3.63, 3.8) is 0 Å². The van der Waals surface area contributed by atoms with Gasteiger partial charge in [-0.3, -0.25) is 0 Å². The Labute approximate surface area is 99.7 Å². The van der Waals surface area contributed by atoms with Crippen LogP contribution in [0.2, 0.25) is 0 Å². The number of rotatable bonds is 4. The lowest BCUT2D eigenvalue weighted by Crippen LogP contribution is -2.02. The summed E-state index contributed by atoms with van der Waals surface area (Å²) in [5, 5.41) is 12.3. The van der Waals surface area contributed by atoms with Crippen LogP contribution < -0.4 is 5.32 Å². The number of benzene rings is 2. The van der Waals surface area contributed by atoms with Crippen LogP contribution in [0, 0.1) is 5.82 Å². The summed E-state index contributed by atoms with van der Waals surface area (Å²) in [6.45, 7) is 0.529. The Morgan fingerprint density at radius 2 is 1.88 bits per heavy atom. The third kappa shape index (κ3) is 3.04. The van der Waals surface area contributed by atoms with Gasteiger partial charge >= 0.3 is 0 Å². The molecule has 0 bridgehead atoms. The maximum absolute atomic E-state index is 13.0. The van der Waals surface area contributed by atoms with Gasteiger partial charge in [-0.2, -0.15) is 0 Å². The number of hydrogen-bond acceptors (Lipinski definition) is 2. The summed E-state index contributed by atoms with van der Waals surface area (Å²) in [5.74, 6) is -0.236. The number of para-hydroxylation sites is 1. The van der Waals surface area contributed by atoms with E-state index >= 15 is 0 Å². The van der Waals surface area contributed by atoms with E-state index in [2.05, 4.69) is 5.32 Å². The highest BCUT2D eigenvalue weighted by molar-refractivity contribution is 5.51. The molecule has 17 heavy (non-hydrogen) atoms. The molecule has 0 saturated carbocycles. The van der Waals surface area contributed by atoms with E-state index in [9.17, 15) is 4.39 Å². The molecule has 0 saturated heterocycles. The second kappa shape index (κ2) is 5.46. The first-order valence-electron chi connectivity index (χ1n) is 5.46. The fourth-order valence-corrected chi connectivity index (χ4v) is 1.67. The van der Waals surface area contributed by atoms with Crippen molar-refractivity contribution in [1.29, 1.82) is 0 Å². The summed E-state index contributed by atoms with van der Waals surface area (Å²) in [6.07, 6.45) is 0. The Hall–Kier alpha value is -1.87. The molecule has 0 aromatic heterocycles. The van der Waals surface area contributed by atoms with Crippen molar-refractivity contribution >= 4 is 5.69 Å². The minimum Gasteiger partial charge on any atom is -0.392 e. The van der Waals surface area contributed by atoms with E-state index < -0.39 is 0 Å². The number of aliphatic hydroxyl groups excluding tert-OH is 1. The SMILES string of the molecule is OCc1ccccc1NCc1cccc(F)c1. The Balaban J connectivity index is 2.07. The van der Waals surface area contributed by atoms with Gasteiger partial charge in [0.1, 0.15) is 5.82 Å². The standard InChI is InChI=1S/C14H14FNO/c15-13-6-3-4-11(8-13)9-16-14-7-2-1-5-12(14)10-17/h1-8,16-17H,9-10H2. The molecular weight excluding hydrogens is 217 g/mol. The van der Waals surface area contributed by atoms with Gasteiger partial charge in [0, 0.05) is 17.8 Å². The van der Waals surface area contributed by atoms with E-state index in [-0.39, 0.29) is 12.4 Å². The number of aliphatic hydroxyl groups is 1. The molecule has 0 radical (unpaired) electrons. The maximum Gasteiger partial charge on any atom is 0.123 e. The molecule has 2 nitrogen and oxygen atoms in total. The number of halogens is 1. The topological polar surface area (TPSA) is 32.3 Å². The first-order chi connectivity index (χ1) is 8.29. The van der Waals surface area contributed by atoms with Crippen LogP contribution in [0.1, 0.15) is 11.1 Å².